The normalized spacial score (nSPS) is 15.9. The van der Waals surface area contributed by atoms with Gasteiger partial charge < -0.3 is 16.2 Å². The molecule has 0 heterocycles. The topological polar surface area (TPSA) is 92.4 Å². The molecule has 0 saturated heterocycles. The van der Waals surface area contributed by atoms with Crippen LogP contribution in [0.4, 0.5) is 13.2 Å². The summed E-state index contributed by atoms with van der Waals surface area (Å²) in [6.45, 7) is 5.76. The van der Waals surface area contributed by atoms with Crippen molar-refractivity contribution in [2.24, 2.45) is 11.1 Å². The second kappa shape index (κ2) is 11.3. The number of hydrogen-bond donors (Lipinski definition) is 3. The number of carbonyl (C=O) groups excluding carboxylic acids is 1. The molecule has 0 bridgehead atoms. The monoisotopic (exact) mass is 464 g/mol. The zero-order valence-corrected chi connectivity index (χ0v) is 18.9. The van der Waals surface area contributed by atoms with E-state index in [1.165, 1.54) is 31.2 Å². The van der Waals surface area contributed by atoms with E-state index in [4.69, 9.17) is 15.6 Å². The molecule has 33 heavy (non-hydrogen) atoms. The molecule has 5 nitrogen and oxygen atoms in total. The number of carbonyl (C=O) groups is 2. The van der Waals surface area contributed by atoms with Crippen molar-refractivity contribution in [2.75, 3.05) is 6.54 Å². The Morgan fingerprint density at radius 1 is 1.06 bits per heavy atom. The third kappa shape index (κ3) is 8.88. The van der Waals surface area contributed by atoms with E-state index in [2.05, 4.69) is 43.4 Å². The quantitative estimate of drug-likeness (QED) is 0.549. The summed E-state index contributed by atoms with van der Waals surface area (Å²) in [6.07, 6.45) is 1.13. The number of nitrogens with one attached hydrogen (secondary N) is 1. The summed E-state index contributed by atoms with van der Waals surface area (Å²) in [5.41, 5.74) is 9.95. The lowest BCUT2D eigenvalue weighted by Gasteiger charge is -2.34. The van der Waals surface area contributed by atoms with Gasteiger partial charge in [-0.3, -0.25) is 4.79 Å². The van der Waals surface area contributed by atoms with Gasteiger partial charge in [0.15, 0.2) is 0 Å². The average Bonchev–Trinajstić information content (AvgIpc) is 2.75. The van der Waals surface area contributed by atoms with E-state index < -0.39 is 12.1 Å². The highest BCUT2D eigenvalue weighted by atomic mass is 19.4. The molecular formula is C25H31F3N2O3. The first-order valence-electron chi connectivity index (χ1n) is 10.9. The zero-order chi connectivity index (χ0) is 24.6. The van der Waals surface area contributed by atoms with E-state index in [9.17, 15) is 18.0 Å². The number of carboxylic acids is 1. The molecule has 1 aliphatic rings. The van der Waals surface area contributed by atoms with Gasteiger partial charge in [-0.25, -0.2) is 4.79 Å². The SMILES string of the molecule is CC1(C)CCC(NCCc2cccc(-c3cccc(C(N)=O)c3)c2)CC1.O=C(O)C(F)(F)F. The molecule has 0 atom stereocenters. The number of carboxylic acid groups (broad SMARTS) is 1. The number of rotatable bonds is 6. The summed E-state index contributed by atoms with van der Waals surface area (Å²) < 4.78 is 31.7. The first-order valence-corrected chi connectivity index (χ1v) is 10.9. The van der Waals surface area contributed by atoms with Crippen LogP contribution in [0, 0.1) is 5.41 Å². The highest BCUT2D eigenvalue weighted by Gasteiger charge is 2.38. The van der Waals surface area contributed by atoms with Gasteiger partial charge in [-0.05, 0) is 72.9 Å². The van der Waals surface area contributed by atoms with Gasteiger partial charge >= 0.3 is 12.1 Å². The standard InChI is InChI=1S/C23H30N2O.C2HF3O2/c1-23(2)12-9-21(10-13-23)25-14-11-17-5-3-6-18(15-17)19-7-4-8-20(16-19)22(24)26;3-2(4,5)1(6)7/h3-8,15-16,21,25H,9-14H2,1-2H3,(H2,24,26);(H,6,7). The maximum atomic E-state index is 11.4. The van der Waals surface area contributed by atoms with Crippen LogP contribution in [0.1, 0.15) is 55.5 Å². The van der Waals surface area contributed by atoms with Gasteiger partial charge in [0.05, 0.1) is 0 Å². The Hall–Kier alpha value is -2.87. The van der Waals surface area contributed by atoms with Crippen LogP contribution in [-0.2, 0) is 11.2 Å². The van der Waals surface area contributed by atoms with E-state index in [0.29, 0.717) is 17.0 Å². The molecular weight excluding hydrogens is 433 g/mol. The van der Waals surface area contributed by atoms with E-state index in [1.807, 2.05) is 18.2 Å². The predicted octanol–water partition coefficient (Wildman–Crippen LogP) is 5.19. The second-order valence-corrected chi connectivity index (χ2v) is 9.09. The number of nitrogens with two attached hydrogens (primary N) is 1. The summed E-state index contributed by atoms with van der Waals surface area (Å²) in [6, 6.07) is 16.7. The van der Waals surface area contributed by atoms with E-state index >= 15 is 0 Å². The van der Waals surface area contributed by atoms with Crippen LogP contribution < -0.4 is 11.1 Å². The average molecular weight is 465 g/mol. The van der Waals surface area contributed by atoms with Crippen molar-refractivity contribution >= 4 is 11.9 Å². The Bertz CT molecular complexity index is 948. The maximum absolute atomic E-state index is 11.4. The molecule has 0 aliphatic heterocycles. The van der Waals surface area contributed by atoms with Crippen LogP contribution in [0.5, 0.6) is 0 Å². The number of aliphatic carboxylic acids is 1. The molecule has 1 aliphatic carbocycles. The molecule has 1 fully saturated rings. The van der Waals surface area contributed by atoms with Crippen molar-refractivity contribution in [3.05, 3.63) is 59.7 Å². The lowest BCUT2D eigenvalue weighted by molar-refractivity contribution is -0.192. The van der Waals surface area contributed by atoms with Crippen LogP contribution in [0.3, 0.4) is 0 Å². The first-order chi connectivity index (χ1) is 15.4. The highest BCUT2D eigenvalue weighted by molar-refractivity contribution is 5.94. The maximum Gasteiger partial charge on any atom is 0.490 e. The van der Waals surface area contributed by atoms with Crippen molar-refractivity contribution < 1.29 is 27.9 Å². The van der Waals surface area contributed by atoms with Gasteiger partial charge in [-0.15, -0.1) is 0 Å². The zero-order valence-electron chi connectivity index (χ0n) is 18.9. The molecule has 4 N–H and O–H groups in total. The third-order valence-electron chi connectivity index (χ3n) is 5.84. The van der Waals surface area contributed by atoms with Gasteiger partial charge in [-0.1, -0.05) is 50.2 Å². The van der Waals surface area contributed by atoms with E-state index in [0.717, 1.165) is 24.1 Å². The number of hydrogen-bond acceptors (Lipinski definition) is 3. The Labute approximate surface area is 192 Å². The van der Waals surface area contributed by atoms with Crippen molar-refractivity contribution in [1.82, 2.24) is 5.32 Å². The molecule has 0 unspecified atom stereocenters. The van der Waals surface area contributed by atoms with Gasteiger partial charge in [-0.2, -0.15) is 13.2 Å². The van der Waals surface area contributed by atoms with E-state index in [1.54, 1.807) is 6.07 Å². The first kappa shape index (κ1) is 26.4. The van der Waals surface area contributed by atoms with Gasteiger partial charge in [0.2, 0.25) is 5.91 Å². The fraction of sp³-hybridized carbons (Fsp3) is 0.440. The summed E-state index contributed by atoms with van der Waals surface area (Å²) in [4.78, 5) is 20.3. The van der Waals surface area contributed by atoms with E-state index in [-0.39, 0.29) is 5.91 Å². The largest absolute Gasteiger partial charge is 0.490 e. The fourth-order valence-corrected chi connectivity index (χ4v) is 3.78. The lowest BCUT2D eigenvalue weighted by atomic mass is 9.75. The predicted molar refractivity (Wildman–Crippen MR) is 122 cm³/mol. The molecule has 0 spiro atoms. The molecule has 8 heteroatoms. The summed E-state index contributed by atoms with van der Waals surface area (Å²) in [5.74, 6) is -3.14. The minimum atomic E-state index is -5.08. The smallest absolute Gasteiger partial charge is 0.475 e. The molecule has 0 aromatic heterocycles. The lowest BCUT2D eigenvalue weighted by Crippen LogP contribution is -2.36. The van der Waals surface area contributed by atoms with Crippen LogP contribution in [-0.4, -0.2) is 35.7 Å². The molecule has 0 radical (unpaired) electrons. The van der Waals surface area contributed by atoms with Gasteiger partial charge in [0.1, 0.15) is 0 Å². The number of primary amides is 1. The molecule has 2 aromatic carbocycles. The molecule has 2 aromatic rings. The Morgan fingerprint density at radius 3 is 2.15 bits per heavy atom. The number of amides is 1. The Balaban J connectivity index is 0.000000479. The minimum absolute atomic E-state index is 0.386. The van der Waals surface area contributed by atoms with Crippen LogP contribution in [0.15, 0.2) is 48.5 Å². The van der Waals surface area contributed by atoms with Gasteiger partial charge in [0, 0.05) is 11.6 Å². The molecule has 1 saturated carbocycles. The minimum Gasteiger partial charge on any atom is -0.475 e. The number of benzene rings is 2. The molecule has 1 amide bonds. The number of alkyl halides is 3. The second-order valence-electron chi connectivity index (χ2n) is 9.09. The van der Waals surface area contributed by atoms with Crippen LogP contribution in [0.25, 0.3) is 11.1 Å². The summed E-state index contributed by atoms with van der Waals surface area (Å²) in [7, 11) is 0. The third-order valence-corrected chi connectivity index (χ3v) is 5.84. The van der Waals surface area contributed by atoms with Crippen molar-refractivity contribution in [3.8, 4) is 11.1 Å². The molecule has 3 rings (SSSR count). The summed E-state index contributed by atoms with van der Waals surface area (Å²) in [5, 5.41) is 10.9. The van der Waals surface area contributed by atoms with Crippen LogP contribution >= 0.6 is 0 Å². The van der Waals surface area contributed by atoms with Crippen molar-refractivity contribution in [1.29, 1.82) is 0 Å². The molecule has 180 valence electrons. The van der Waals surface area contributed by atoms with Gasteiger partial charge in [0.25, 0.3) is 0 Å². The Morgan fingerprint density at radius 2 is 1.61 bits per heavy atom. The number of halogens is 3. The fourth-order valence-electron chi connectivity index (χ4n) is 3.78. The van der Waals surface area contributed by atoms with Crippen LogP contribution in [0.2, 0.25) is 0 Å². The highest BCUT2D eigenvalue weighted by Crippen LogP contribution is 2.35. The Kier molecular flexibility index (Phi) is 9.05. The summed E-state index contributed by atoms with van der Waals surface area (Å²) >= 11 is 0. The van der Waals surface area contributed by atoms with Crippen molar-refractivity contribution in [3.63, 3.8) is 0 Å². The van der Waals surface area contributed by atoms with Crippen molar-refractivity contribution in [2.45, 2.75) is 58.2 Å².